The zero-order valence-electron chi connectivity index (χ0n) is 24.1. The van der Waals surface area contributed by atoms with Gasteiger partial charge in [0.15, 0.2) is 11.5 Å². The van der Waals surface area contributed by atoms with Gasteiger partial charge in [-0.3, -0.25) is 4.79 Å². The maximum Gasteiger partial charge on any atom is 0.323 e. The third kappa shape index (κ3) is 6.79. The van der Waals surface area contributed by atoms with E-state index in [9.17, 15) is 23.9 Å². The minimum Gasteiger partial charge on any atom is -0.485 e. The number of carbonyl (C=O) groups excluding carboxylic acids is 3. The van der Waals surface area contributed by atoms with Crippen LogP contribution in [0.15, 0.2) is 47.0 Å². The number of carbonyl (C=O) groups is 3. The number of aryl methyl sites for hydroxylation is 2. The van der Waals surface area contributed by atoms with E-state index in [0.29, 0.717) is 22.8 Å². The van der Waals surface area contributed by atoms with E-state index in [-0.39, 0.29) is 48.5 Å². The summed E-state index contributed by atoms with van der Waals surface area (Å²) in [6.45, 7) is 7.09. The number of ether oxygens (including phenoxy) is 1. The fraction of sp³-hybridized carbons (Fsp3) is 0.379. The molecule has 13 heteroatoms. The van der Waals surface area contributed by atoms with Crippen LogP contribution in [0.25, 0.3) is 0 Å². The number of aliphatic hydroxyl groups is 1. The van der Waals surface area contributed by atoms with Crippen LogP contribution in [0.2, 0.25) is 0 Å². The second kappa shape index (κ2) is 12.9. The maximum absolute atomic E-state index is 13.7. The standard InChI is InChI=1S/C29H35FN6O6/c1-16-13-36(17(2)15-37)27(38)22-7-6-8-23(32-28(39)33-25-18(3)34-42-19(25)4)26(22)41-24(16)14-35(5)29(40)31-21-11-9-20(30)10-12-21/h6-12,16-17,24,37H,13-15H2,1-5H3,(H,31,40)(H2,32,33,39)/t16-,17-,24-/m1/s1. The van der Waals surface area contributed by atoms with Crippen LogP contribution in [0.4, 0.5) is 31.0 Å². The van der Waals surface area contributed by atoms with Crippen LogP contribution in [0.3, 0.4) is 0 Å². The van der Waals surface area contributed by atoms with Crippen molar-refractivity contribution in [3.05, 3.63) is 65.3 Å². The van der Waals surface area contributed by atoms with E-state index in [1.807, 2.05) is 6.92 Å². The van der Waals surface area contributed by atoms with E-state index in [1.54, 1.807) is 50.9 Å². The highest BCUT2D eigenvalue weighted by molar-refractivity contribution is 6.04. The molecule has 1 aromatic heterocycles. The number of amides is 5. The highest BCUT2D eigenvalue weighted by atomic mass is 19.1. The number of fused-ring (bicyclic) bond motifs is 1. The summed E-state index contributed by atoms with van der Waals surface area (Å²) >= 11 is 0. The van der Waals surface area contributed by atoms with Crippen molar-refractivity contribution >= 4 is 35.0 Å². The Labute approximate surface area is 242 Å². The van der Waals surface area contributed by atoms with Crippen molar-refractivity contribution in [3.8, 4) is 5.75 Å². The molecule has 42 heavy (non-hydrogen) atoms. The van der Waals surface area contributed by atoms with Crippen molar-refractivity contribution in [2.45, 2.75) is 39.8 Å². The molecule has 2 heterocycles. The number of nitrogens with zero attached hydrogens (tertiary/aromatic N) is 3. The van der Waals surface area contributed by atoms with Crippen molar-refractivity contribution in [2.75, 3.05) is 42.7 Å². The molecule has 0 spiro atoms. The van der Waals surface area contributed by atoms with Crippen LogP contribution in [0.1, 0.15) is 35.7 Å². The van der Waals surface area contributed by atoms with Gasteiger partial charge >= 0.3 is 12.1 Å². The SMILES string of the molecule is Cc1noc(C)c1NC(=O)Nc1cccc2c1O[C@H](CN(C)C(=O)Nc1ccc(F)cc1)[C@H](C)CN([C@H](C)CO)C2=O. The molecule has 1 aliphatic heterocycles. The van der Waals surface area contributed by atoms with Crippen LogP contribution in [0.5, 0.6) is 5.75 Å². The van der Waals surface area contributed by atoms with Crippen molar-refractivity contribution < 1.29 is 33.1 Å². The fourth-order valence-corrected chi connectivity index (χ4v) is 4.59. The Hall–Kier alpha value is -4.65. The number of para-hydroxylation sites is 1. The summed E-state index contributed by atoms with van der Waals surface area (Å²) in [5, 5.41) is 21.9. The Balaban J connectivity index is 1.62. The number of benzene rings is 2. The van der Waals surface area contributed by atoms with Gasteiger partial charge in [-0.05, 0) is 57.2 Å². The first kappa shape index (κ1) is 30.3. The molecule has 4 N–H and O–H groups in total. The van der Waals surface area contributed by atoms with Crippen molar-refractivity contribution in [2.24, 2.45) is 5.92 Å². The monoisotopic (exact) mass is 582 g/mol. The predicted octanol–water partition coefficient (Wildman–Crippen LogP) is 4.46. The second-order valence-electron chi connectivity index (χ2n) is 10.4. The Morgan fingerprint density at radius 3 is 2.52 bits per heavy atom. The molecule has 0 unspecified atom stereocenters. The number of aliphatic hydroxyl groups excluding tert-OH is 1. The van der Waals surface area contributed by atoms with Gasteiger partial charge in [-0.15, -0.1) is 0 Å². The number of aromatic nitrogens is 1. The Morgan fingerprint density at radius 1 is 1.17 bits per heavy atom. The number of anilines is 3. The predicted molar refractivity (Wildman–Crippen MR) is 154 cm³/mol. The largest absolute Gasteiger partial charge is 0.485 e. The molecule has 0 saturated heterocycles. The molecule has 5 amide bonds. The number of nitrogens with one attached hydrogen (secondary N) is 3. The third-order valence-corrected chi connectivity index (χ3v) is 7.11. The summed E-state index contributed by atoms with van der Waals surface area (Å²) < 4.78 is 24.8. The molecule has 0 aliphatic carbocycles. The van der Waals surface area contributed by atoms with Gasteiger partial charge in [0, 0.05) is 25.2 Å². The summed E-state index contributed by atoms with van der Waals surface area (Å²) in [7, 11) is 1.59. The number of urea groups is 2. The Bertz CT molecular complexity index is 1430. The van der Waals surface area contributed by atoms with Crippen LogP contribution >= 0.6 is 0 Å². The van der Waals surface area contributed by atoms with Gasteiger partial charge in [0.2, 0.25) is 0 Å². The lowest BCUT2D eigenvalue weighted by Crippen LogP contribution is -2.50. The van der Waals surface area contributed by atoms with Gasteiger partial charge in [0.1, 0.15) is 23.3 Å². The number of rotatable bonds is 7. The van der Waals surface area contributed by atoms with Crippen LogP contribution < -0.4 is 20.7 Å². The summed E-state index contributed by atoms with van der Waals surface area (Å²) in [6, 6.07) is 8.68. The second-order valence-corrected chi connectivity index (χ2v) is 10.4. The topological polar surface area (TPSA) is 149 Å². The molecule has 0 bridgehead atoms. The van der Waals surface area contributed by atoms with Gasteiger partial charge < -0.3 is 40.1 Å². The zero-order valence-corrected chi connectivity index (χ0v) is 24.1. The summed E-state index contributed by atoms with van der Waals surface area (Å²) in [6.07, 6.45) is -0.622. The minimum absolute atomic E-state index is 0.114. The molecule has 4 rings (SSSR count). The van der Waals surface area contributed by atoms with Gasteiger partial charge in [-0.2, -0.15) is 0 Å². The van der Waals surface area contributed by atoms with E-state index in [2.05, 4.69) is 21.1 Å². The normalized spacial score (nSPS) is 17.3. The summed E-state index contributed by atoms with van der Waals surface area (Å²) in [5.74, 6) is -0.509. The third-order valence-electron chi connectivity index (χ3n) is 7.11. The zero-order chi connectivity index (χ0) is 30.6. The van der Waals surface area contributed by atoms with Gasteiger partial charge in [-0.1, -0.05) is 18.1 Å². The number of halogens is 1. The van der Waals surface area contributed by atoms with Crippen LogP contribution in [0, 0.1) is 25.6 Å². The lowest BCUT2D eigenvalue weighted by atomic mass is 9.99. The molecule has 12 nitrogen and oxygen atoms in total. The van der Waals surface area contributed by atoms with Gasteiger partial charge in [0.25, 0.3) is 5.91 Å². The molecule has 1 aliphatic rings. The average Bonchev–Trinajstić information content (AvgIpc) is 3.27. The van der Waals surface area contributed by atoms with Crippen LogP contribution in [-0.2, 0) is 0 Å². The van der Waals surface area contributed by atoms with E-state index < -0.39 is 30.0 Å². The summed E-state index contributed by atoms with van der Waals surface area (Å²) in [4.78, 5) is 42.6. The first-order chi connectivity index (χ1) is 20.0. The molecule has 3 atom stereocenters. The van der Waals surface area contributed by atoms with E-state index in [4.69, 9.17) is 9.26 Å². The number of hydrogen-bond donors (Lipinski definition) is 4. The lowest BCUT2D eigenvalue weighted by Gasteiger charge is -2.38. The fourth-order valence-electron chi connectivity index (χ4n) is 4.59. The van der Waals surface area contributed by atoms with Gasteiger partial charge in [-0.25, -0.2) is 14.0 Å². The Morgan fingerprint density at radius 2 is 1.88 bits per heavy atom. The first-order valence-corrected chi connectivity index (χ1v) is 13.5. The van der Waals surface area contributed by atoms with Crippen molar-refractivity contribution in [3.63, 3.8) is 0 Å². The van der Waals surface area contributed by atoms with Crippen molar-refractivity contribution in [1.82, 2.24) is 15.0 Å². The highest BCUT2D eigenvalue weighted by Gasteiger charge is 2.35. The van der Waals surface area contributed by atoms with E-state index >= 15 is 0 Å². The lowest BCUT2D eigenvalue weighted by molar-refractivity contribution is 0.0373. The molecule has 0 fully saturated rings. The van der Waals surface area contributed by atoms with E-state index in [1.165, 1.54) is 29.2 Å². The smallest absolute Gasteiger partial charge is 0.323 e. The molecule has 224 valence electrons. The highest BCUT2D eigenvalue weighted by Crippen LogP contribution is 2.35. The number of hydrogen-bond acceptors (Lipinski definition) is 7. The first-order valence-electron chi connectivity index (χ1n) is 13.5. The van der Waals surface area contributed by atoms with Gasteiger partial charge in [0.05, 0.1) is 30.4 Å². The maximum atomic E-state index is 13.7. The molecule has 0 radical (unpaired) electrons. The van der Waals surface area contributed by atoms with E-state index in [0.717, 1.165) is 0 Å². The minimum atomic E-state index is -0.622. The Kier molecular flexibility index (Phi) is 9.31. The molecular weight excluding hydrogens is 547 g/mol. The summed E-state index contributed by atoms with van der Waals surface area (Å²) in [5.41, 5.74) is 1.78. The molecule has 0 saturated carbocycles. The van der Waals surface area contributed by atoms with Crippen LogP contribution in [-0.4, -0.2) is 76.9 Å². The number of likely N-dealkylation sites (N-methyl/N-ethyl adjacent to an activating group) is 1. The molecule has 2 aromatic carbocycles. The quantitative estimate of drug-likeness (QED) is 0.321. The molecular formula is C29H35FN6O6. The van der Waals surface area contributed by atoms with Crippen molar-refractivity contribution in [1.29, 1.82) is 0 Å². The molecule has 3 aromatic rings. The average molecular weight is 583 g/mol.